The molecule has 1 aliphatic heterocycles. The highest BCUT2D eigenvalue weighted by Crippen LogP contribution is 2.16. The lowest BCUT2D eigenvalue weighted by Crippen LogP contribution is -2.37. The van der Waals surface area contributed by atoms with E-state index in [0.29, 0.717) is 0 Å². The Labute approximate surface area is 81.1 Å². The maximum atomic E-state index is 5.64. The van der Waals surface area contributed by atoms with Crippen molar-refractivity contribution >= 4 is 11.6 Å². The number of hydrogen-bond acceptors (Lipinski definition) is 1. The van der Waals surface area contributed by atoms with Gasteiger partial charge >= 0.3 is 0 Å². The highest BCUT2D eigenvalue weighted by Gasteiger charge is 2.16. The molecule has 0 aromatic carbocycles. The van der Waals surface area contributed by atoms with E-state index in [9.17, 15) is 0 Å². The van der Waals surface area contributed by atoms with Crippen LogP contribution in [-0.4, -0.2) is 29.9 Å². The molecule has 1 fully saturated rings. The SMILES string of the molecule is C[C@H]1CCCCN1CCCCCl. The number of hydrogen-bond donors (Lipinski definition) is 0. The molecular formula is C10H20ClN. The first-order chi connectivity index (χ1) is 5.84. The normalized spacial score (nSPS) is 26.0. The highest BCUT2D eigenvalue weighted by molar-refractivity contribution is 6.17. The van der Waals surface area contributed by atoms with Crippen molar-refractivity contribution in [2.75, 3.05) is 19.0 Å². The third-order valence-electron chi connectivity index (χ3n) is 2.77. The Morgan fingerprint density at radius 1 is 1.33 bits per heavy atom. The second-order valence-corrected chi connectivity index (χ2v) is 4.15. The summed E-state index contributed by atoms with van der Waals surface area (Å²) in [5, 5.41) is 0. The summed E-state index contributed by atoms with van der Waals surface area (Å²) >= 11 is 5.64. The van der Waals surface area contributed by atoms with Gasteiger partial charge in [-0.05, 0) is 45.7 Å². The molecule has 1 atom stereocenters. The lowest BCUT2D eigenvalue weighted by molar-refractivity contribution is 0.159. The van der Waals surface area contributed by atoms with Crippen LogP contribution in [0.15, 0.2) is 0 Å². The van der Waals surface area contributed by atoms with Crippen LogP contribution in [0.3, 0.4) is 0 Å². The Balaban J connectivity index is 2.11. The molecule has 0 unspecified atom stereocenters. The highest BCUT2D eigenvalue weighted by atomic mass is 35.5. The third kappa shape index (κ3) is 3.32. The van der Waals surface area contributed by atoms with Gasteiger partial charge in [-0.1, -0.05) is 6.42 Å². The van der Waals surface area contributed by atoms with Crippen LogP contribution in [0.5, 0.6) is 0 Å². The van der Waals surface area contributed by atoms with E-state index in [2.05, 4.69) is 11.8 Å². The smallest absolute Gasteiger partial charge is 0.0223 e. The standard InChI is InChI=1S/C10H20ClN/c1-10-6-2-4-8-12(10)9-5-3-7-11/h10H,2-9H2,1H3/t10-/m0/s1. The second-order valence-electron chi connectivity index (χ2n) is 3.78. The first-order valence-corrected chi connectivity index (χ1v) is 5.68. The predicted molar refractivity (Wildman–Crippen MR) is 54.8 cm³/mol. The van der Waals surface area contributed by atoms with Gasteiger partial charge in [0.15, 0.2) is 0 Å². The van der Waals surface area contributed by atoms with Gasteiger partial charge in [-0.25, -0.2) is 0 Å². The topological polar surface area (TPSA) is 3.24 Å². The van der Waals surface area contributed by atoms with E-state index in [4.69, 9.17) is 11.6 Å². The first-order valence-electron chi connectivity index (χ1n) is 5.14. The quantitative estimate of drug-likeness (QED) is 0.486. The molecule has 0 aliphatic carbocycles. The summed E-state index contributed by atoms with van der Waals surface area (Å²) in [4.78, 5) is 2.61. The summed E-state index contributed by atoms with van der Waals surface area (Å²) in [5.41, 5.74) is 0. The molecule has 0 radical (unpaired) electrons. The fourth-order valence-electron chi connectivity index (χ4n) is 1.90. The maximum absolute atomic E-state index is 5.64. The number of unbranched alkanes of at least 4 members (excludes halogenated alkanes) is 1. The van der Waals surface area contributed by atoms with Gasteiger partial charge in [-0.2, -0.15) is 0 Å². The van der Waals surface area contributed by atoms with E-state index < -0.39 is 0 Å². The molecule has 1 rings (SSSR count). The van der Waals surface area contributed by atoms with Crippen molar-refractivity contribution in [1.29, 1.82) is 0 Å². The summed E-state index contributed by atoms with van der Waals surface area (Å²) in [6.07, 6.45) is 6.65. The molecule has 1 nitrogen and oxygen atoms in total. The summed E-state index contributed by atoms with van der Waals surface area (Å²) < 4.78 is 0. The molecule has 1 saturated heterocycles. The average molecular weight is 190 g/mol. The zero-order valence-electron chi connectivity index (χ0n) is 8.06. The molecule has 0 amide bonds. The number of likely N-dealkylation sites (tertiary alicyclic amines) is 1. The van der Waals surface area contributed by atoms with Gasteiger partial charge in [0.05, 0.1) is 0 Å². The molecule has 0 aromatic rings. The number of piperidine rings is 1. The monoisotopic (exact) mass is 189 g/mol. The fraction of sp³-hybridized carbons (Fsp3) is 1.00. The van der Waals surface area contributed by atoms with Crippen molar-refractivity contribution in [3.8, 4) is 0 Å². The van der Waals surface area contributed by atoms with Crippen molar-refractivity contribution in [1.82, 2.24) is 4.90 Å². The van der Waals surface area contributed by atoms with Crippen LogP contribution < -0.4 is 0 Å². The van der Waals surface area contributed by atoms with Crippen molar-refractivity contribution in [3.63, 3.8) is 0 Å². The van der Waals surface area contributed by atoms with Gasteiger partial charge in [-0.15, -0.1) is 11.6 Å². The largest absolute Gasteiger partial charge is 0.301 e. The third-order valence-corrected chi connectivity index (χ3v) is 3.04. The molecule has 0 aromatic heterocycles. The molecule has 72 valence electrons. The Bertz CT molecular complexity index is 116. The molecule has 0 spiro atoms. The minimum absolute atomic E-state index is 0.814. The van der Waals surface area contributed by atoms with Crippen LogP contribution in [0.2, 0.25) is 0 Å². The van der Waals surface area contributed by atoms with Crippen molar-refractivity contribution in [3.05, 3.63) is 0 Å². The van der Waals surface area contributed by atoms with Crippen LogP contribution in [0, 0.1) is 0 Å². The Hall–Kier alpha value is 0.250. The van der Waals surface area contributed by atoms with Gasteiger partial charge in [0.2, 0.25) is 0 Å². The van der Waals surface area contributed by atoms with Crippen molar-refractivity contribution in [2.24, 2.45) is 0 Å². The number of nitrogens with zero attached hydrogens (tertiary/aromatic N) is 1. The average Bonchev–Trinajstić information content (AvgIpc) is 2.09. The zero-order valence-corrected chi connectivity index (χ0v) is 8.82. The van der Waals surface area contributed by atoms with E-state index in [1.807, 2.05) is 0 Å². The summed E-state index contributed by atoms with van der Waals surface area (Å²) in [6, 6.07) is 0.814. The van der Waals surface area contributed by atoms with Crippen LogP contribution >= 0.6 is 11.6 Å². The van der Waals surface area contributed by atoms with Crippen molar-refractivity contribution in [2.45, 2.75) is 45.1 Å². The summed E-state index contributed by atoms with van der Waals surface area (Å²) in [6.45, 7) is 4.91. The van der Waals surface area contributed by atoms with Gasteiger partial charge < -0.3 is 4.90 Å². The molecule has 1 aliphatic rings. The number of halogens is 1. The van der Waals surface area contributed by atoms with Crippen LogP contribution in [0.1, 0.15) is 39.0 Å². The molecular weight excluding hydrogens is 170 g/mol. The fourth-order valence-corrected chi connectivity index (χ4v) is 2.09. The number of rotatable bonds is 4. The number of alkyl halides is 1. The van der Waals surface area contributed by atoms with E-state index >= 15 is 0 Å². The Morgan fingerprint density at radius 3 is 2.83 bits per heavy atom. The van der Waals surface area contributed by atoms with Crippen molar-refractivity contribution < 1.29 is 0 Å². The Morgan fingerprint density at radius 2 is 2.17 bits per heavy atom. The lowest BCUT2D eigenvalue weighted by Gasteiger charge is -2.33. The molecule has 0 bridgehead atoms. The second kappa shape index (κ2) is 5.82. The lowest BCUT2D eigenvalue weighted by atomic mass is 10.0. The predicted octanol–water partition coefficient (Wildman–Crippen LogP) is 2.88. The van der Waals surface area contributed by atoms with Crippen LogP contribution in [0.4, 0.5) is 0 Å². The summed E-state index contributed by atoms with van der Waals surface area (Å²) in [5.74, 6) is 0.822. The molecule has 1 heterocycles. The first kappa shape index (κ1) is 10.3. The van der Waals surface area contributed by atoms with E-state index in [0.717, 1.165) is 11.9 Å². The minimum atomic E-state index is 0.814. The molecule has 0 N–H and O–H groups in total. The molecule has 12 heavy (non-hydrogen) atoms. The summed E-state index contributed by atoms with van der Waals surface area (Å²) in [7, 11) is 0. The van der Waals surface area contributed by atoms with Crippen LogP contribution in [0.25, 0.3) is 0 Å². The van der Waals surface area contributed by atoms with E-state index in [1.165, 1.54) is 45.2 Å². The minimum Gasteiger partial charge on any atom is -0.301 e. The zero-order chi connectivity index (χ0) is 8.81. The van der Waals surface area contributed by atoms with E-state index in [1.54, 1.807) is 0 Å². The van der Waals surface area contributed by atoms with Gasteiger partial charge in [0, 0.05) is 11.9 Å². The van der Waals surface area contributed by atoms with Gasteiger partial charge in [0.25, 0.3) is 0 Å². The maximum Gasteiger partial charge on any atom is 0.0223 e. The molecule has 0 saturated carbocycles. The van der Waals surface area contributed by atoms with Gasteiger partial charge in [-0.3, -0.25) is 0 Å². The van der Waals surface area contributed by atoms with Crippen LogP contribution in [-0.2, 0) is 0 Å². The molecule has 2 heteroatoms. The Kier molecular flexibility index (Phi) is 5.01. The van der Waals surface area contributed by atoms with E-state index in [-0.39, 0.29) is 0 Å². The van der Waals surface area contributed by atoms with Gasteiger partial charge in [0.1, 0.15) is 0 Å².